The molecule has 5 rings (SSSR count). The molecule has 0 aliphatic heterocycles. The Morgan fingerprint density at radius 1 is 1.22 bits per heavy atom. The zero-order valence-electron chi connectivity index (χ0n) is 15.6. The fraction of sp³-hybridized carbons (Fsp3) is 0.318. The molecule has 27 heavy (non-hydrogen) atoms. The second-order valence-electron chi connectivity index (χ2n) is 7.47. The van der Waals surface area contributed by atoms with Crippen molar-refractivity contribution in [2.24, 2.45) is 0 Å². The van der Waals surface area contributed by atoms with Crippen molar-refractivity contribution in [1.82, 2.24) is 19.4 Å². The molecule has 1 aliphatic carbocycles. The van der Waals surface area contributed by atoms with Crippen molar-refractivity contribution < 1.29 is 5.11 Å². The average Bonchev–Trinajstić information content (AvgIpc) is 3.45. The third-order valence-corrected chi connectivity index (χ3v) is 5.50. The number of pyridine rings is 3. The summed E-state index contributed by atoms with van der Waals surface area (Å²) in [7, 11) is 0. The van der Waals surface area contributed by atoms with Gasteiger partial charge in [0.15, 0.2) is 0 Å². The minimum Gasteiger partial charge on any atom is -0.387 e. The van der Waals surface area contributed by atoms with Gasteiger partial charge >= 0.3 is 0 Å². The third kappa shape index (κ3) is 2.70. The molecule has 0 bridgehead atoms. The number of aryl methyl sites for hydroxylation is 1. The van der Waals surface area contributed by atoms with Gasteiger partial charge < -0.3 is 5.11 Å². The molecule has 0 spiro atoms. The number of imidazole rings is 1. The molecule has 4 aromatic rings. The summed E-state index contributed by atoms with van der Waals surface area (Å²) in [5.74, 6) is 0.593. The van der Waals surface area contributed by atoms with E-state index in [1.165, 1.54) is 18.5 Å². The highest BCUT2D eigenvalue weighted by atomic mass is 16.3. The molecule has 0 aromatic carbocycles. The maximum Gasteiger partial charge on any atom is 0.145 e. The molecule has 0 saturated heterocycles. The number of hydrogen-bond acceptors (Lipinski definition) is 4. The molecule has 5 heteroatoms. The molecule has 0 radical (unpaired) electrons. The van der Waals surface area contributed by atoms with Crippen LogP contribution in [0.5, 0.6) is 0 Å². The monoisotopic (exact) mass is 358 g/mol. The van der Waals surface area contributed by atoms with Crippen LogP contribution in [0.2, 0.25) is 0 Å². The van der Waals surface area contributed by atoms with Crippen molar-refractivity contribution in [3.8, 4) is 11.1 Å². The third-order valence-electron chi connectivity index (χ3n) is 5.50. The van der Waals surface area contributed by atoms with Crippen molar-refractivity contribution in [2.75, 3.05) is 0 Å². The standard InChI is InChI=1S/C22H22N4O/c1-3-21(27)18-8-13(2)17(11-24-18)16-9-15-10-23-7-6-20(15)26-12-19(14-4-5-14)25-22(16)26/h6-12,14,21,27H,3-5H2,1-2H3/t21-/m0/s1. The van der Waals surface area contributed by atoms with Crippen LogP contribution in [-0.4, -0.2) is 24.5 Å². The lowest BCUT2D eigenvalue weighted by Crippen LogP contribution is -2.01. The second-order valence-corrected chi connectivity index (χ2v) is 7.47. The molecular formula is C22H22N4O. The van der Waals surface area contributed by atoms with Crippen LogP contribution in [0.15, 0.2) is 43.0 Å². The van der Waals surface area contributed by atoms with Crippen molar-refractivity contribution in [1.29, 1.82) is 0 Å². The molecule has 1 fully saturated rings. The Hall–Kier alpha value is -2.79. The van der Waals surface area contributed by atoms with Crippen molar-refractivity contribution in [2.45, 2.75) is 45.1 Å². The van der Waals surface area contributed by atoms with Crippen LogP contribution >= 0.6 is 0 Å². The van der Waals surface area contributed by atoms with Gasteiger partial charge in [-0.15, -0.1) is 0 Å². The fourth-order valence-corrected chi connectivity index (χ4v) is 3.75. The maximum atomic E-state index is 10.1. The first kappa shape index (κ1) is 16.4. The zero-order valence-corrected chi connectivity index (χ0v) is 15.6. The van der Waals surface area contributed by atoms with Gasteiger partial charge in [0.25, 0.3) is 0 Å². The number of rotatable bonds is 4. The number of aliphatic hydroxyl groups excluding tert-OH is 1. The summed E-state index contributed by atoms with van der Waals surface area (Å²) in [6, 6.07) is 6.18. The molecule has 1 aliphatic rings. The summed E-state index contributed by atoms with van der Waals surface area (Å²) < 4.78 is 2.19. The summed E-state index contributed by atoms with van der Waals surface area (Å²) in [5, 5.41) is 11.2. The van der Waals surface area contributed by atoms with Crippen LogP contribution in [0.3, 0.4) is 0 Å². The smallest absolute Gasteiger partial charge is 0.145 e. The van der Waals surface area contributed by atoms with Gasteiger partial charge in [-0.3, -0.25) is 14.4 Å². The Labute approximate surface area is 157 Å². The number of fused-ring (bicyclic) bond motifs is 3. The highest BCUT2D eigenvalue weighted by molar-refractivity contribution is 5.92. The Kier molecular flexibility index (Phi) is 3.72. The van der Waals surface area contributed by atoms with E-state index in [9.17, 15) is 5.11 Å². The van der Waals surface area contributed by atoms with Crippen molar-refractivity contribution in [3.05, 3.63) is 59.9 Å². The Morgan fingerprint density at radius 3 is 2.81 bits per heavy atom. The van der Waals surface area contributed by atoms with Gasteiger partial charge in [0.2, 0.25) is 0 Å². The van der Waals surface area contributed by atoms with Crippen molar-refractivity contribution >= 4 is 16.6 Å². The van der Waals surface area contributed by atoms with E-state index in [4.69, 9.17) is 4.98 Å². The fourth-order valence-electron chi connectivity index (χ4n) is 3.75. The normalized spacial score (nSPS) is 15.5. The number of aromatic nitrogens is 4. The first-order valence-corrected chi connectivity index (χ1v) is 9.56. The van der Waals surface area contributed by atoms with Gasteiger partial charge in [0.1, 0.15) is 5.65 Å². The van der Waals surface area contributed by atoms with E-state index in [2.05, 4.69) is 33.6 Å². The van der Waals surface area contributed by atoms with Crippen LogP contribution in [0.1, 0.15) is 55.2 Å². The second kappa shape index (κ2) is 6.13. The predicted molar refractivity (Wildman–Crippen MR) is 106 cm³/mol. The summed E-state index contributed by atoms with van der Waals surface area (Å²) in [4.78, 5) is 13.8. The van der Waals surface area contributed by atoms with Gasteiger partial charge in [-0.1, -0.05) is 6.92 Å². The minimum atomic E-state index is -0.522. The summed E-state index contributed by atoms with van der Waals surface area (Å²) >= 11 is 0. The lowest BCUT2D eigenvalue weighted by Gasteiger charge is -2.13. The molecule has 0 amide bonds. The molecular weight excluding hydrogens is 336 g/mol. The Bertz CT molecular complexity index is 1160. The van der Waals surface area contributed by atoms with E-state index in [0.29, 0.717) is 12.3 Å². The van der Waals surface area contributed by atoms with E-state index in [-0.39, 0.29) is 0 Å². The first-order valence-electron chi connectivity index (χ1n) is 9.56. The van der Waals surface area contributed by atoms with Crippen LogP contribution in [0.25, 0.3) is 27.7 Å². The molecule has 5 nitrogen and oxygen atoms in total. The van der Waals surface area contributed by atoms with Crippen LogP contribution in [-0.2, 0) is 0 Å². The number of aliphatic hydroxyl groups is 1. The molecule has 1 atom stereocenters. The minimum absolute atomic E-state index is 0.522. The van der Waals surface area contributed by atoms with Crippen LogP contribution < -0.4 is 0 Å². The largest absolute Gasteiger partial charge is 0.387 e. The van der Waals surface area contributed by atoms with Gasteiger partial charge in [0, 0.05) is 47.2 Å². The van der Waals surface area contributed by atoms with E-state index in [1.54, 1.807) is 0 Å². The van der Waals surface area contributed by atoms with Gasteiger partial charge in [-0.25, -0.2) is 4.98 Å². The van der Waals surface area contributed by atoms with Crippen LogP contribution in [0, 0.1) is 6.92 Å². The number of nitrogens with zero attached hydrogens (tertiary/aromatic N) is 4. The quantitative estimate of drug-likeness (QED) is 0.580. The van der Waals surface area contributed by atoms with Gasteiger partial charge in [0.05, 0.1) is 23.0 Å². The SMILES string of the molecule is CC[C@H](O)c1cc(C)c(-c2cc3cnccc3n3cc(C4CC4)nc23)cn1. The Morgan fingerprint density at radius 2 is 2.07 bits per heavy atom. The summed E-state index contributed by atoms with van der Waals surface area (Å²) in [6.07, 6.45) is 10.4. The van der Waals surface area contributed by atoms with E-state index in [1.807, 2.05) is 37.6 Å². The zero-order chi connectivity index (χ0) is 18.5. The van der Waals surface area contributed by atoms with Crippen LogP contribution in [0.4, 0.5) is 0 Å². The molecule has 4 heterocycles. The molecule has 1 N–H and O–H groups in total. The lowest BCUT2D eigenvalue weighted by molar-refractivity contribution is 0.169. The van der Waals surface area contributed by atoms with E-state index < -0.39 is 6.10 Å². The Balaban J connectivity index is 1.76. The van der Waals surface area contributed by atoms with Gasteiger partial charge in [-0.2, -0.15) is 0 Å². The molecule has 136 valence electrons. The topological polar surface area (TPSA) is 63.3 Å². The first-order chi connectivity index (χ1) is 13.2. The highest BCUT2D eigenvalue weighted by Crippen LogP contribution is 2.41. The van der Waals surface area contributed by atoms with E-state index >= 15 is 0 Å². The number of hydrogen-bond donors (Lipinski definition) is 1. The lowest BCUT2D eigenvalue weighted by atomic mass is 10.0. The maximum absolute atomic E-state index is 10.1. The summed E-state index contributed by atoms with van der Waals surface area (Å²) in [5.41, 5.74) is 7.17. The molecule has 4 aromatic heterocycles. The summed E-state index contributed by atoms with van der Waals surface area (Å²) in [6.45, 7) is 4.02. The molecule has 0 unspecified atom stereocenters. The molecule has 1 saturated carbocycles. The average molecular weight is 358 g/mol. The van der Waals surface area contributed by atoms with Crippen molar-refractivity contribution in [3.63, 3.8) is 0 Å². The van der Waals surface area contributed by atoms with Gasteiger partial charge in [-0.05, 0) is 49.9 Å². The highest BCUT2D eigenvalue weighted by Gasteiger charge is 2.27. The van der Waals surface area contributed by atoms with E-state index in [0.717, 1.165) is 38.9 Å². The predicted octanol–water partition coefficient (Wildman–Crippen LogP) is 4.57.